The highest BCUT2D eigenvalue weighted by molar-refractivity contribution is 5.85. The SMILES string of the molecule is Cl.Cl.Nc1ccc2nc(-c3ccoc3)[nH]c2c1. The highest BCUT2D eigenvalue weighted by Gasteiger charge is 2.05. The van der Waals surface area contributed by atoms with Crippen molar-refractivity contribution in [2.75, 3.05) is 5.73 Å². The van der Waals surface area contributed by atoms with Crippen LogP contribution in [0.4, 0.5) is 5.69 Å². The summed E-state index contributed by atoms with van der Waals surface area (Å²) in [4.78, 5) is 7.61. The zero-order valence-corrected chi connectivity index (χ0v) is 10.3. The average molecular weight is 272 g/mol. The number of benzene rings is 1. The number of halogens is 2. The lowest BCUT2D eigenvalue weighted by molar-refractivity contribution is 0.568. The number of imidazole rings is 1. The molecule has 2 heterocycles. The van der Waals surface area contributed by atoms with Crippen molar-refractivity contribution in [2.24, 2.45) is 0 Å². The molecule has 17 heavy (non-hydrogen) atoms. The summed E-state index contributed by atoms with van der Waals surface area (Å²) in [7, 11) is 0. The molecule has 90 valence electrons. The Morgan fingerprint density at radius 2 is 2.00 bits per heavy atom. The molecular weight excluding hydrogens is 261 g/mol. The molecule has 0 spiro atoms. The monoisotopic (exact) mass is 271 g/mol. The van der Waals surface area contributed by atoms with Crippen molar-refractivity contribution < 1.29 is 4.42 Å². The molecule has 0 radical (unpaired) electrons. The Balaban J connectivity index is 0.000000722. The lowest BCUT2D eigenvalue weighted by Gasteiger charge is -1.89. The Morgan fingerprint density at radius 1 is 1.18 bits per heavy atom. The number of aromatic amines is 1. The molecule has 0 saturated carbocycles. The lowest BCUT2D eigenvalue weighted by atomic mass is 10.3. The molecule has 0 bridgehead atoms. The van der Waals surface area contributed by atoms with E-state index in [2.05, 4.69) is 9.97 Å². The number of furan rings is 1. The second-order valence-electron chi connectivity index (χ2n) is 3.37. The highest BCUT2D eigenvalue weighted by Crippen LogP contribution is 2.21. The standard InChI is InChI=1S/C11H9N3O.2ClH/c12-8-1-2-9-10(5-8)14-11(13-9)7-3-4-15-6-7;;/h1-6H,12H2,(H,13,14);2*1H. The number of nitrogens with two attached hydrogens (primary N) is 1. The molecule has 1 aromatic carbocycles. The van der Waals surface area contributed by atoms with E-state index in [4.69, 9.17) is 10.2 Å². The van der Waals surface area contributed by atoms with Gasteiger partial charge >= 0.3 is 0 Å². The van der Waals surface area contributed by atoms with Crippen LogP contribution in [0.1, 0.15) is 0 Å². The fourth-order valence-electron chi connectivity index (χ4n) is 1.56. The minimum absolute atomic E-state index is 0. The third-order valence-corrected chi connectivity index (χ3v) is 2.30. The Kier molecular flexibility index (Phi) is 4.04. The topological polar surface area (TPSA) is 67.8 Å². The van der Waals surface area contributed by atoms with Gasteiger partial charge in [-0.2, -0.15) is 0 Å². The molecule has 0 amide bonds. The molecule has 0 unspecified atom stereocenters. The van der Waals surface area contributed by atoms with Gasteiger partial charge < -0.3 is 15.1 Å². The maximum atomic E-state index is 5.69. The van der Waals surface area contributed by atoms with Crippen LogP contribution in [0.2, 0.25) is 0 Å². The smallest absolute Gasteiger partial charge is 0.141 e. The molecule has 3 N–H and O–H groups in total. The number of hydrogen-bond acceptors (Lipinski definition) is 3. The first-order valence-corrected chi connectivity index (χ1v) is 4.61. The fourth-order valence-corrected chi connectivity index (χ4v) is 1.56. The van der Waals surface area contributed by atoms with Gasteiger partial charge in [-0.25, -0.2) is 4.98 Å². The second kappa shape index (κ2) is 5.12. The Hall–Kier alpha value is -1.65. The van der Waals surface area contributed by atoms with E-state index in [0.29, 0.717) is 0 Å². The quantitative estimate of drug-likeness (QED) is 0.668. The van der Waals surface area contributed by atoms with Crippen LogP contribution in [0.15, 0.2) is 41.2 Å². The highest BCUT2D eigenvalue weighted by atomic mass is 35.5. The average Bonchev–Trinajstić information content (AvgIpc) is 2.84. The minimum Gasteiger partial charge on any atom is -0.472 e. The van der Waals surface area contributed by atoms with Crippen LogP contribution in [-0.4, -0.2) is 9.97 Å². The summed E-state index contributed by atoms with van der Waals surface area (Å²) >= 11 is 0. The van der Waals surface area contributed by atoms with Crippen molar-refractivity contribution in [1.29, 1.82) is 0 Å². The van der Waals surface area contributed by atoms with Gasteiger partial charge in [0.2, 0.25) is 0 Å². The van der Waals surface area contributed by atoms with E-state index in [0.717, 1.165) is 28.1 Å². The third kappa shape index (κ3) is 2.38. The molecule has 3 aromatic rings. The van der Waals surface area contributed by atoms with Crippen LogP contribution in [0, 0.1) is 0 Å². The first-order chi connectivity index (χ1) is 7.33. The lowest BCUT2D eigenvalue weighted by Crippen LogP contribution is -1.82. The van der Waals surface area contributed by atoms with E-state index in [1.807, 2.05) is 24.3 Å². The summed E-state index contributed by atoms with van der Waals surface area (Å²) in [5.74, 6) is 0.796. The molecule has 0 aliphatic rings. The summed E-state index contributed by atoms with van der Waals surface area (Å²) in [6.07, 6.45) is 3.28. The van der Waals surface area contributed by atoms with Crippen LogP contribution < -0.4 is 5.73 Å². The minimum atomic E-state index is 0. The zero-order valence-electron chi connectivity index (χ0n) is 8.71. The predicted molar refractivity (Wildman–Crippen MR) is 72.7 cm³/mol. The van der Waals surface area contributed by atoms with Crippen LogP contribution in [0.5, 0.6) is 0 Å². The van der Waals surface area contributed by atoms with Crippen molar-refractivity contribution in [2.45, 2.75) is 0 Å². The number of fused-ring (bicyclic) bond motifs is 1. The third-order valence-electron chi connectivity index (χ3n) is 2.30. The van der Waals surface area contributed by atoms with E-state index < -0.39 is 0 Å². The van der Waals surface area contributed by atoms with Gasteiger partial charge in [-0.1, -0.05) is 0 Å². The Bertz CT molecular complexity index is 604. The van der Waals surface area contributed by atoms with E-state index in [1.165, 1.54) is 0 Å². The molecule has 3 rings (SSSR count). The fraction of sp³-hybridized carbons (Fsp3) is 0. The van der Waals surface area contributed by atoms with Gasteiger partial charge in [-0.05, 0) is 24.3 Å². The van der Waals surface area contributed by atoms with E-state index in [9.17, 15) is 0 Å². The van der Waals surface area contributed by atoms with Crippen molar-refractivity contribution in [3.05, 3.63) is 36.8 Å². The number of hydrogen-bond donors (Lipinski definition) is 2. The summed E-state index contributed by atoms with van der Waals surface area (Å²) in [5.41, 5.74) is 9.19. The van der Waals surface area contributed by atoms with Crippen molar-refractivity contribution in [3.8, 4) is 11.4 Å². The molecule has 0 saturated heterocycles. The number of H-pyrrole nitrogens is 1. The van der Waals surface area contributed by atoms with Gasteiger partial charge in [-0.15, -0.1) is 24.8 Å². The molecule has 2 aromatic heterocycles. The summed E-state index contributed by atoms with van der Waals surface area (Å²) < 4.78 is 5.00. The Morgan fingerprint density at radius 3 is 2.71 bits per heavy atom. The van der Waals surface area contributed by atoms with Crippen molar-refractivity contribution >= 4 is 41.5 Å². The maximum absolute atomic E-state index is 5.69. The first-order valence-electron chi connectivity index (χ1n) is 4.61. The molecule has 0 aliphatic carbocycles. The zero-order chi connectivity index (χ0) is 10.3. The molecule has 4 nitrogen and oxygen atoms in total. The van der Waals surface area contributed by atoms with Crippen molar-refractivity contribution in [3.63, 3.8) is 0 Å². The number of nitrogens with zero attached hydrogens (tertiary/aromatic N) is 1. The van der Waals surface area contributed by atoms with E-state index >= 15 is 0 Å². The van der Waals surface area contributed by atoms with Crippen LogP contribution in [0.3, 0.4) is 0 Å². The van der Waals surface area contributed by atoms with Crippen LogP contribution in [0.25, 0.3) is 22.4 Å². The van der Waals surface area contributed by atoms with Gasteiger partial charge in [0.25, 0.3) is 0 Å². The van der Waals surface area contributed by atoms with Gasteiger partial charge in [0.15, 0.2) is 0 Å². The van der Waals surface area contributed by atoms with Gasteiger partial charge in [0.1, 0.15) is 12.1 Å². The van der Waals surface area contributed by atoms with Gasteiger partial charge in [0, 0.05) is 5.69 Å². The van der Waals surface area contributed by atoms with E-state index in [1.54, 1.807) is 12.5 Å². The largest absolute Gasteiger partial charge is 0.472 e. The van der Waals surface area contributed by atoms with Gasteiger partial charge in [-0.3, -0.25) is 0 Å². The Labute approximate surface area is 110 Å². The van der Waals surface area contributed by atoms with Gasteiger partial charge in [0.05, 0.1) is 22.9 Å². The number of rotatable bonds is 1. The number of anilines is 1. The van der Waals surface area contributed by atoms with Crippen LogP contribution in [-0.2, 0) is 0 Å². The second-order valence-corrected chi connectivity index (χ2v) is 3.37. The normalized spacial score (nSPS) is 9.65. The molecular formula is C11H11Cl2N3O. The maximum Gasteiger partial charge on any atom is 0.141 e. The van der Waals surface area contributed by atoms with E-state index in [-0.39, 0.29) is 24.8 Å². The van der Waals surface area contributed by atoms with Crippen molar-refractivity contribution in [1.82, 2.24) is 9.97 Å². The molecule has 6 heteroatoms. The first kappa shape index (κ1) is 13.4. The number of nitrogens with one attached hydrogen (secondary N) is 1. The molecule has 0 fully saturated rings. The predicted octanol–water partition coefficient (Wildman–Crippen LogP) is 3.25. The number of nitrogen functional groups attached to an aromatic ring is 1. The molecule has 0 aliphatic heterocycles. The summed E-state index contributed by atoms with van der Waals surface area (Å²) in [6.45, 7) is 0. The van der Waals surface area contributed by atoms with Crippen LogP contribution >= 0.6 is 24.8 Å². The molecule has 0 atom stereocenters. The number of aromatic nitrogens is 2. The summed E-state index contributed by atoms with van der Waals surface area (Å²) in [6, 6.07) is 7.46. The summed E-state index contributed by atoms with van der Waals surface area (Å²) in [5, 5.41) is 0.